The molecule has 1 aromatic carbocycles. The van der Waals surface area contributed by atoms with Gasteiger partial charge >= 0.3 is 18.6 Å². The molecule has 3 aliphatic rings. The van der Waals surface area contributed by atoms with Crippen LogP contribution < -0.4 is 0 Å². The van der Waals surface area contributed by atoms with E-state index in [4.69, 9.17) is 0 Å². The van der Waals surface area contributed by atoms with Gasteiger partial charge < -0.3 is 19.3 Å². The zero-order valence-corrected chi connectivity index (χ0v) is 13.4. The fourth-order valence-electron chi connectivity index (χ4n) is 3.58. The van der Waals surface area contributed by atoms with Gasteiger partial charge in [0.25, 0.3) is 0 Å². The van der Waals surface area contributed by atoms with Gasteiger partial charge in [0.2, 0.25) is 0 Å². The summed E-state index contributed by atoms with van der Waals surface area (Å²) in [6.07, 6.45) is 6.40. The van der Waals surface area contributed by atoms with Crippen molar-refractivity contribution in [2.45, 2.75) is 38.1 Å². The van der Waals surface area contributed by atoms with Gasteiger partial charge in [-0.25, -0.2) is 0 Å². The summed E-state index contributed by atoms with van der Waals surface area (Å²) in [5.41, 5.74) is 3.20. The van der Waals surface area contributed by atoms with Crippen molar-refractivity contribution in [3.63, 3.8) is 0 Å². The molecule has 2 heterocycles. The second-order valence-corrected chi connectivity index (χ2v) is 5.62. The van der Waals surface area contributed by atoms with Crippen LogP contribution in [0.25, 0.3) is 0 Å². The summed E-state index contributed by atoms with van der Waals surface area (Å²) < 4.78 is 0. The molecule has 4 rings (SSSR count). The van der Waals surface area contributed by atoms with Gasteiger partial charge in [-0.15, -0.1) is 0 Å². The molecule has 1 saturated heterocycles. The van der Waals surface area contributed by atoms with Gasteiger partial charge in [-0.2, -0.15) is 6.42 Å². The quantitative estimate of drug-likeness (QED) is 0.754. The predicted octanol–water partition coefficient (Wildman–Crippen LogP) is 3.54. The zero-order chi connectivity index (χ0) is 11.7. The molecule has 2 bridgehead atoms. The maximum absolute atomic E-state index is 4.02. The van der Waals surface area contributed by atoms with E-state index in [1.54, 1.807) is 11.1 Å². The SMILES string of the molecule is [CH2-]CCN1CC2CCC1Cc1ccccc1C2.[CH3-].[V+2]. The standard InChI is InChI=1S/C16H22N.CH3.V/c1-2-9-17-12-13-7-8-16(17)11-15-6-4-3-5-14(15)10-13;;/h3-6,13,16H,1-2,7-12H2;1H3;/q2*-1;+2. The van der Waals surface area contributed by atoms with E-state index in [2.05, 4.69) is 36.1 Å². The Morgan fingerprint density at radius 3 is 2.47 bits per heavy atom. The number of piperidine rings is 1. The fraction of sp³-hybridized carbons (Fsp3) is 0.529. The zero-order valence-electron chi connectivity index (χ0n) is 12.0. The summed E-state index contributed by atoms with van der Waals surface area (Å²) in [7, 11) is 0. The number of rotatable bonds is 2. The molecular weight excluding hydrogens is 269 g/mol. The van der Waals surface area contributed by atoms with Gasteiger partial charge in [0, 0.05) is 12.6 Å². The molecule has 1 aliphatic carbocycles. The van der Waals surface area contributed by atoms with Crippen LogP contribution in [0.1, 0.15) is 30.4 Å². The van der Waals surface area contributed by atoms with Crippen molar-refractivity contribution in [2.75, 3.05) is 13.1 Å². The van der Waals surface area contributed by atoms with Crippen LogP contribution >= 0.6 is 0 Å². The molecule has 1 fully saturated rings. The van der Waals surface area contributed by atoms with E-state index in [9.17, 15) is 0 Å². The van der Waals surface area contributed by atoms with Crippen molar-refractivity contribution >= 4 is 0 Å². The predicted molar refractivity (Wildman–Crippen MR) is 78.3 cm³/mol. The van der Waals surface area contributed by atoms with Gasteiger partial charge in [-0.05, 0) is 49.3 Å². The monoisotopic (exact) mass is 294 g/mol. The van der Waals surface area contributed by atoms with Crippen molar-refractivity contribution in [1.29, 1.82) is 0 Å². The van der Waals surface area contributed by atoms with Crippen LogP contribution in [0.3, 0.4) is 0 Å². The Morgan fingerprint density at radius 1 is 1.11 bits per heavy atom. The van der Waals surface area contributed by atoms with E-state index in [1.807, 2.05) is 0 Å². The van der Waals surface area contributed by atoms with Crippen LogP contribution in [-0.4, -0.2) is 24.0 Å². The van der Waals surface area contributed by atoms with E-state index in [0.29, 0.717) is 0 Å². The maximum Gasteiger partial charge on any atom is 2.00 e. The van der Waals surface area contributed by atoms with E-state index in [1.165, 1.54) is 38.8 Å². The van der Waals surface area contributed by atoms with Crippen molar-refractivity contribution in [3.8, 4) is 0 Å². The number of hydrogen-bond acceptors (Lipinski definition) is 1. The molecule has 0 spiro atoms. The fourth-order valence-corrected chi connectivity index (χ4v) is 3.58. The number of benzene rings is 1. The molecular formula is C17H25NV. The molecule has 0 aromatic heterocycles. The minimum absolute atomic E-state index is 0. The summed E-state index contributed by atoms with van der Waals surface area (Å²) in [6, 6.07) is 9.83. The normalized spacial score (nSPS) is 25.5. The van der Waals surface area contributed by atoms with Crippen molar-refractivity contribution in [1.82, 2.24) is 4.90 Å². The van der Waals surface area contributed by atoms with Crippen molar-refractivity contribution in [3.05, 3.63) is 49.7 Å². The summed E-state index contributed by atoms with van der Waals surface area (Å²) in [6.45, 7) is 6.50. The van der Waals surface area contributed by atoms with Crippen molar-refractivity contribution < 1.29 is 18.6 Å². The largest absolute Gasteiger partial charge is 2.00 e. The topological polar surface area (TPSA) is 3.24 Å². The first-order chi connectivity index (χ1) is 8.36. The van der Waals surface area contributed by atoms with Crippen LogP contribution in [0.15, 0.2) is 24.3 Å². The third-order valence-electron chi connectivity index (χ3n) is 4.45. The molecule has 2 aliphatic heterocycles. The Kier molecular flexibility index (Phi) is 6.66. The third kappa shape index (κ3) is 3.65. The van der Waals surface area contributed by atoms with Crippen LogP contribution in [0.2, 0.25) is 0 Å². The summed E-state index contributed by atoms with van der Waals surface area (Å²) >= 11 is 0. The van der Waals surface area contributed by atoms with Gasteiger partial charge in [-0.1, -0.05) is 24.3 Å². The molecule has 19 heavy (non-hydrogen) atoms. The first-order valence-corrected chi connectivity index (χ1v) is 6.97. The van der Waals surface area contributed by atoms with Gasteiger partial charge in [0.15, 0.2) is 0 Å². The Hall–Kier alpha value is -0.236. The molecule has 1 nitrogen and oxygen atoms in total. The Morgan fingerprint density at radius 2 is 1.79 bits per heavy atom. The summed E-state index contributed by atoms with van der Waals surface area (Å²) in [5.74, 6) is 0.874. The average molecular weight is 294 g/mol. The Labute approximate surface area is 130 Å². The minimum Gasteiger partial charge on any atom is -0.358 e. The van der Waals surface area contributed by atoms with Crippen LogP contribution in [0.5, 0.6) is 0 Å². The molecule has 103 valence electrons. The van der Waals surface area contributed by atoms with Gasteiger partial charge in [0.05, 0.1) is 0 Å². The molecule has 0 saturated carbocycles. The number of hydrogen-bond donors (Lipinski definition) is 0. The second kappa shape index (κ2) is 7.52. The molecule has 0 amide bonds. The summed E-state index contributed by atoms with van der Waals surface area (Å²) in [4.78, 5) is 2.69. The molecule has 2 unspecified atom stereocenters. The van der Waals surface area contributed by atoms with Crippen molar-refractivity contribution in [2.24, 2.45) is 5.92 Å². The van der Waals surface area contributed by atoms with E-state index < -0.39 is 0 Å². The second-order valence-electron chi connectivity index (χ2n) is 5.62. The maximum atomic E-state index is 4.02. The molecule has 2 atom stereocenters. The molecule has 0 N–H and O–H groups in total. The average Bonchev–Trinajstić information content (AvgIpc) is 2.31. The van der Waals surface area contributed by atoms with E-state index in [-0.39, 0.29) is 26.0 Å². The van der Waals surface area contributed by atoms with E-state index in [0.717, 1.165) is 18.4 Å². The molecule has 1 radical (unpaired) electrons. The number of nitrogens with zero attached hydrogens (tertiary/aromatic N) is 1. The van der Waals surface area contributed by atoms with Crippen LogP contribution in [0, 0.1) is 20.3 Å². The first kappa shape index (κ1) is 16.8. The Bertz CT molecular complexity index is 391. The van der Waals surface area contributed by atoms with Crippen LogP contribution in [0.4, 0.5) is 0 Å². The molecule has 2 heteroatoms. The smallest absolute Gasteiger partial charge is 0.358 e. The summed E-state index contributed by atoms with van der Waals surface area (Å²) in [5, 5.41) is 0. The first-order valence-electron chi connectivity index (χ1n) is 6.97. The van der Waals surface area contributed by atoms with Gasteiger partial charge in [0.1, 0.15) is 0 Å². The molecule has 1 aromatic rings. The van der Waals surface area contributed by atoms with Gasteiger partial charge in [-0.3, -0.25) is 0 Å². The minimum atomic E-state index is 0. The third-order valence-corrected chi connectivity index (χ3v) is 4.45. The van der Waals surface area contributed by atoms with E-state index >= 15 is 0 Å². The Balaban J connectivity index is 0.000000902. The van der Waals surface area contributed by atoms with Crippen LogP contribution in [-0.2, 0) is 31.4 Å². The number of fused-ring (bicyclic) bond motifs is 2.